The number of hydrogen-bond acceptors (Lipinski definition) is 4. The Kier molecular flexibility index (Phi) is 3.59. The minimum absolute atomic E-state index is 0.148. The van der Waals surface area contributed by atoms with E-state index in [1.807, 2.05) is 0 Å². The number of benzene rings is 1. The molecule has 1 saturated heterocycles. The Balaban J connectivity index is 2.12. The summed E-state index contributed by atoms with van der Waals surface area (Å²) in [6.07, 6.45) is 4.12. The topological polar surface area (TPSA) is 71.1 Å². The number of phenolic OH excluding ortho intramolecular Hbond substituents is 1. The molecule has 0 spiro atoms. The standard InChI is InChI=1S/C15H14FN3O2/c16-11-4-5-13(20)15(10(11)9-17)12-6-7-18-19(12)14-3-1-2-8-21-14/h4-7,14,20H,1-3,8H2. The van der Waals surface area contributed by atoms with Gasteiger partial charge in [-0.15, -0.1) is 0 Å². The molecule has 1 aromatic carbocycles. The maximum absolute atomic E-state index is 13.8. The van der Waals surface area contributed by atoms with Gasteiger partial charge in [-0.3, -0.25) is 0 Å². The first-order valence-electron chi connectivity index (χ1n) is 6.79. The number of nitriles is 1. The molecule has 0 amide bonds. The molecule has 1 aromatic heterocycles. The molecule has 5 nitrogen and oxygen atoms in total. The Morgan fingerprint density at radius 2 is 2.24 bits per heavy atom. The molecule has 3 rings (SSSR count). The molecule has 1 N–H and O–H groups in total. The van der Waals surface area contributed by atoms with Crippen LogP contribution in [0.25, 0.3) is 11.3 Å². The van der Waals surface area contributed by atoms with E-state index >= 15 is 0 Å². The van der Waals surface area contributed by atoms with Crippen molar-refractivity contribution in [1.82, 2.24) is 9.78 Å². The number of aromatic hydroxyl groups is 1. The molecule has 0 saturated carbocycles. The Hall–Kier alpha value is -2.39. The molecule has 6 heteroatoms. The first kappa shape index (κ1) is 13.6. The molecule has 1 aliphatic rings. The third-order valence-electron chi connectivity index (χ3n) is 3.60. The predicted molar refractivity (Wildman–Crippen MR) is 72.8 cm³/mol. The molecular weight excluding hydrogens is 273 g/mol. The number of ether oxygens (including phenoxy) is 1. The summed E-state index contributed by atoms with van der Waals surface area (Å²) in [6, 6.07) is 5.77. The second kappa shape index (κ2) is 5.54. The van der Waals surface area contributed by atoms with Crippen molar-refractivity contribution in [3.8, 4) is 23.1 Å². The smallest absolute Gasteiger partial charge is 0.150 e. The van der Waals surface area contributed by atoms with Crippen molar-refractivity contribution in [3.63, 3.8) is 0 Å². The average molecular weight is 287 g/mol. The number of aromatic nitrogens is 2. The first-order chi connectivity index (χ1) is 10.2. The third kappa shape index (κ3) is 2.36. The van der Waals surface area contributed by atoms with Gasteiger partial charge in [0.2, 0.25) is 0 Å². The summed E-state index contributed by atoms with van der Waals surface area (Å²) in [4.78, 5) is 0. The van der Waals surface area contributed by atoms with Gasteiger partial charge < -0.3 is 9.84 Å². The zero-order chi connectivity index (χ0) is 14.8. The lowest BCUT2D eigenvalue weighted by molar-refractivity contribution is -0.0383. The van der Waals surface area contributed by atoms with Crippen molar-refractivity contribution in [2.24, 2.45) is 0 Å². The quantitative estimate of drug-likeness (QED) is 0.921. The van der Waals surface area contributed by atoms with E-state index in [0.29, 0.717) is 12.3 Å². The van der Waals surface area contributed by atoms with Crippen LogP contribution in [0.5, 0.6) is 5.75 Å². The Bertz CT molecular complexity index is 699. The lowest BCUT2D eigenvalue weighted by Crippen LogP contribution is -2.20. The molecule has 1 unspecified atom stereocenters. The SMILES string of the molecule is N#Cc1c(F)ccc(O)c1-c1ccnn1C1CCCCO1. The van der Waals surface area contributed by atoms with Crippen molar-refractivity contribution in [1.29, 1.82) is 5.26 Å². The predicted octanol–water partition coefficient (Wildman–Crippen LogP) is 2.97. The van der Waals surface area contributed by atoms with E-state index in [-0.39, 0.29) is 23.1 Å². The van der Waals surface area contributed by atoms with Crippen LogP contribution in [-0.4, -0.2) is 21.5 Å². The van der Waals surface area contributed by atoms with Crippen molar-refractivity contribution in [3.05, 3.63) is 35.8 Å². The highest BCUT2D eigenvalue weighted by Gasteiger charge is 2.23. The molecular formula is C15H14FN3O2. The van der Waals surface area contributed by atoms with Gasteiger partial charge in [0, 0.05) is 12.8 Å². The number of nitrogens with zero attached hydrogens (tertiary/aromatic N) is 3. The van der Waals surface area contributed by atoms with E-state index in [1.165, 1.54) is 6.07 Å². The van der Waals surface area contributed by atoms with Gasteiger partial charge in [-0.2, -0.15) is 10.4 Å². The summed E-state index contributed by atoms with van der Waals surface area (Å²) >= 11 is 0. The van der Waals surface area contributed by atoms with Crippen LogP contribution in [0.2, 0.25) is 0 Å². The summed E-state index contributed by atoms with van der Waals surface area (Å²) in [7, 11) is 0. The minimum Gasteiger partial charge on any atom is -0.507 e. The van der Waals surface area contributed by atoms with E-state index in [1.54, 1.807) is 23.0 Å². The fourth-order valence-electron chi connectivity index (χ4n) is 2.59. The summed E-state index contributed by atoms with van der Waals surface area (Å²) in [6.45, 7) is 0.643. The van der Waals surface area contributed by atoms with Crippen LogP contribution >= 0.6 is 0 Å². The maximum Gasteiger partial charge on any atom is 0.150 e. The van der Waals surface area contributed by atoms with Crippen molar-refractivity contribution >= 4 is 0 Å². The van der Waals surface area contributed by atoms with E-state index in [2.05, 4.69) is 5.10 Å². The lowest BCUT2D eigenvalue weighted by Gasteiger charge is -2.24. The van der Waals surface area contributed by atoms with Gasteiger partial charge in [-0.25, -0.2) is 9.07 Å². The van der Waals surface area contributed by atoms with Crippen LogP contribution in [-0.2, 0) is 4.74 Å². The molecule has 1 atom stereocenters. The monoisotopic (exact) mass is 287 g/mol. The van der Waals surface area contributed by atoms with E-state index < -0.39 is 5.82 Å². The Labute approximate surface area is 121 Å². The molecule has 108 valence electrons. The van der Waals surface area contributed by atoms with Gasteiger partial charge in [0.15, 0.2) is 6.23 Å². The number of halogens is 1. The molecule has 21 heavy (non-hydrogen) atoms. The highest BCUT2D eigenvalue weighted by Crippen LogP contribution is 2.36. The largest absolute Gasteiger partial charge is 0.507 e. The second-order valence-corrected chi connectivity index (χ2v) is 4.91. The van der Waals surface area contributed by atoms with Crippen LogP contribution in [0.3, 0.4) is 0 Å². The van der Waals surface area contributed by atoms with Gasteiger partial charge in [0.25, 0.3) is 0 Å². The summed E-state index contributed by atoms with van der Waals surface area (Å²) < 4.78 is 21.1. The van der Waals surface area contributed by atoms with Crippen molar-refractivity contribution < 1.29 is 14.2 Å². The summed E-state index contributed by atoms with van der Waals surface area (Å²) in [5.41, 5.74) is 0.451. The lowest BCUT2D eigenvalue weighted by atomic mass is 10.0. The zero-order valence-electron chi connectivity index (χ0n) is 11.3. The van der Waals surface area contributed by atoms with Crippen LogP contribution in [0.1, 0.15) is 31.1 Å². The molecule has 1 fully saturated rings. The Morgan fingerprint density at radius 3 is 2.95 bits per heavy atom. The normalized spacial score (nSPS) is 18.4. The van der Waals surface area contributed by atoms with Crippen LogP contribution in [0, 0.1) is 17.1 Å². The maximum atomic E-state index is 13.8. The average Bonchev–Trinajstić information content (AvgIpc) is 2.99. The first-order valence-corrected chi connectivity index (χ1v) is 6.79. The fourth-order valence-corrected chi connectivity index (χ4v) is 2.59. The van der Waals surface area contributed by atoms with Gasteiger partial charge in [0.1, 0.15) is 23.2 Å². The highest BCUT2D eigenvalue weighted by molar-refractivity contribution is 5.74. The molecule has 0 aliphatic carbocycles. The number of phenols is 1. The van der Waals surface area contributed by atoms with Crippen LogP contribution in [0.15, 0.2) is 24.4 Å². The van der Waals surface area contributed by atoms with Crippen molar-refractivity contribution in [2.75, 3.05) is 6.61 Å². The number of hydrogen-bond donors (Lipinski definition) is 1. The van der Waals surface area contributed by atoms with Crippen LogP contribution < -0.4 is 0 Å². The highest BCUT2D eigenvalue weighted by atomic mass is 19.1. The van der Waals surface area contributed by atoms with Gasteiger partial charge in [-0.1, -0.05) is 0 Å². The van der Waals surface area contributed by atoms with Gasteiger partial charge in [0.05, 0.1) is 11.3 Å². The second-order valence-electron chi connectivity index (χ2n) is 4.91. The van der Waals surface area contributed by atoms with E-state index in [0.717, 1.165) is 25.3 Å². The van der Waals surface area contributed by atoms with Gasteiger partial charge >= 0.3 is 0 Å². The van der Waals surface area contributed by atoms with E-state index in [9.17, 15) is 9.50 Å². The summed E-state index contributed by atoms with van der Waals surface area (Å²) in [5, 5.41) is 23.4. The molecule has 2 heterocycles. The minimum atomic E-state index is -0.664. The summed E-state index contributed by atoms with van der Waals surface area (Å²) in [5.74, 6) is -0.812. The molecule has 1 aliphatic heterocycles. The third-order valence-corrected chi connectivity index (χ3v) is 3.60. The van der Waals surface area contributed by atoms with Crippen LogP contribution in [0.4, 0.5) is 4.39 Å². The van der Waals surface area contributed by atoms with Gasteiger partial charge in [-0.05, 0) is 37.5 Å². The molecule has 0 bridgehead atoms. The molecule has 2 aromatic rings. The molecule has 0 radical (unpaired) electrons. The van der Waals surface area contributed by atoms with E-state index in [4.69, 9.17) is 10.00 Å². The fraction of sp³-hybridized carbons (Fsp3) is 0.333. The van der Waals surface area contributed by atoms with Crippen molar-refractivity contribution in [2.45, 2.75) is 25.5 Å². The Morgan fingerprint density at radius 1 is 1.38 bits per heavy atom. The number of rotatable bonds is 2. The zero-order valence-corrected chi connectivity index (χ0v) is 11.3.